The van der Waals surface area contributed by atoms with Gasteiger partial charge in [-0.2, -0.15) is 0 Å². The van der Waals surface area contributed by atoms with Gasteiger partial charge in [0.1, 0.15) is 17.0 Å². The Kier molecular flexibility index (Phi) is 4.92. The minimum Gasteiger partial charge on any atom is -0.545 e. The normalized spacial score (nSPS) is 11.7. The summed E-state index contributed by atoms with van der Waals surface area (Å²) in [6.45, 7) is 0. The summed E-state index contributed by atoms with van der Waals surface area (Å²) in [5, 5.41) is 22.5. The lowest BCUT2D eigenvalue weighted by Gasteiger charge is -2.04. The van der Waals surface area contributed by atoms with Gasteiger partial charge in [-0.05, 0) is 47.7 Å². The molecule has 2 heterocycles. The second-order valence-electron chi connectivity index (χ2n) is 5.91. The highest BCUT2D eigenvalue weighted by atomic mass is 32.2. The summed E-state index contributed by atoms with van der Waals surface area (Å²) in [5.74, 6) is -1.93. The van der Waals surface area contributed by atoms with Gasteiger partial charge in [0, 0.05) is 10.5 Å². The van der Waals surface area contributed by atoms with E-state index in [0.717, 1.165) is 11.8 Å². The van der Waals surface area contributed by atoms with E-state index in [1.54, 1.807) is 48.5 Å². The van der Waals surface area contributed by atoms with Crippen molar-refractivity contribution in [2.75, 3.05) is 0 Å². The number of thioether (sulfide) groups is 1. The number of carbonyl (C=O) groups excluding carboxylic acids is 2. The second-order valence-corrected chi connectivity index (χ2v) is 6.91. The van der Waals surface area contributed by atoms with Gasteiger partial charge in [-0.1, -0.05) is 36.4 Å². The zero-order valence-electron chi connectivity index (χ0n) is 14.7. The highest BCUT2D eigenvalue weighted by Gasteiger charge is 2.12. The van der Waals surface area contributed by atoms with Crippen molar-refractivity contribution in [3.63, 3.8) is 0 Å². The molecule has 29 heavy (non-hydrogen) atoms. The van der Waals surface area contributed by atoms with E-state index in [1.807, 2.05) is 0 Å². The summed E-state index contributed by atoms with van der Waals surface area (Å²) in [4.78, 5) is 26.5. The first kappa shape index (κ1) is 18.6. The number of carboxylic acid groups (broad SMARTS) is 2. The quantitative estimate of drug-likeness (QED) is 0.354. The van der Waals surface area contributed by atoms with Crippen molar-refractivity contribution in [1.29, 1.82) is 0 Å². The van der Waals surface area contributed by atoms with Crippen LogP contribution in [0.25, 0.3) is 28.5 Å². The monoisotopic (exact) mass is 405 g/mol. The van der Waals surface area contributed by atoms with Crippen molar-refractivity contribution in [3.05, 3.63) is 76.9 Å². The van der Waals surface area contributed by atoms with Gasteiger partial charge in [0.15, 0.2) is 5.58 Å². The zero-order valence-corrected chi connectivity index (χ0v) is 15.5. The molecule has 7 nitrogen and oxygen atoms in total. The van der Waals surface area contributed by atoms with Crippen LogP contribution >= 0.6 is 11.8 Å². The van der Waals surface area contributed by atoms with Gasteiger partial charge in [0.2, 0.25) is 0 Å². The number of carbonyl (C=O) groups is 2. The molecule has 0 aliphatic heterocycles. The fourth-order valence-corrected chi connectivity index (χ4v) is 3.33. The highest BCUT2D eigenvalue weighted by molar-refractivity contribution is 8.03. The number of para-hydroxylation sites is 2. The number of aliphatic carboxylic acids is 1. The maximum Gasteiger partial charge on any atom is 0.261 e. The first-order valence-corrected chi connectivity index (χ1v) is 9.19. The lowest BCUT2D eigenvalue weighted by Crippen LogP contribution is -2.22. The Hall–Kier alpha value is -3.78. The minimum absolute atomic E-state index is 0.0504. The lowest BCUT2D eigenvalue weighted by molar-refractivity contribution is -0.298. The average molecular weight is 405 g/mol. The molecule has 0 aliphatic rings. The van der Waals surface area contributed by atoms with Crippen LogP contribution in [0.4, 0.5) is 0 Å². The summed E-state index contributed by atoms with van der Waals surface area (Å²) in [5.41, 5.74) is 1.85. The van der Waals surface area contributed by atoms with Crippen molar-refractivity contribution >= 4 is 40.9 Å². The number of benzene rings is 2. The Morgan fingerprint density at radius 1 is 0.931 bits per heavy atom. The molecule has 0 bridgehead atoms. The van der Waals surface area contributed by atoms with E-state index in [2.05, 4.69) is 4.98 Å². The number of rotatable bonds is 6. The van der Waals surface area contributed by atoms with Crippen LogP contribution in [0, 0.1) is 0 Å². The van der Waals surface area contributed by atoms with E-state index in [-0.39, 0.29) is 21.5 Å². The van der Waals surface area contributed by atoms with E-state index >= 15 is 0 Å². The summed E-state index contributed by atoms with van der Waals surface area (Å²) in [6.07, 6.45) is 1.31. The van der Waals surface area contributed by atoms with Crippen LogP contribution < -0.4 is 10.2 Å². The van der Waals surface area contributed by atoms with Crippen molar-refractivity contribution < 1.29 is 28.6 Å². The predicted octanol–water partition coefficient (Wildman–Crippen LogP) is 2.33. The third kappa shape index (κ3) is 4.07. The minimum atomic E-state index is -1.39. The lowest BCUT2D eigenvalue weighted by atomic mass is 10.1. The third-order valence-corrected chi connectivity index (χ3v) is 4.83. The van der Waals surface area contributed by atoms with Crippen LogP contribution in [-0.4, -0.2) is 16.9 Å². The molecule has 144 valence electrons. The molecule has 0 fully saturated rings. The molecule has 0 saturated carbocycles. The summed E-state index contributed by atoms with van der Waals surface area (Å²) in [6, 6.07) is 16.3. The number of aromatic nitrogens is 1. The molecule has 8 heteroatoms. The molecule has 0 aliphatic carbocycles. The highest BCUT2D eigenvalue weighted by Crippen LogP contribution is 2.31. The summed E-state index contributed by atoms with van der Waals surface area (Å²) in [7, 11) is 0. The molecule has 4 rings (SSSR count). The SMILES string of the molecule is O=C([O-])/C(=C\c1ccc(-c2ccc(C(=O)[O-])cc2)o1)Sc1nc2ccccc2o1. The Morgan fingerprint density at radius 3 is 2.38 bits per heavy atom. The number of nitrogens with zero attached hydrogens (tertiary/aromatic N) is 1. The maximum absolute atomic E-state index is 11.5. The Morgan fingerprint density at radius 2 is 1.69 bits per heavy atom. The van der Waals surface area contributed by atoms with Gasteiger partial charge in [-0.25, -0.2) is 4.98 Å². The number of hydrogen-bond donors (Lipinski definition) is 0. The van der Waals surface area contributed by atoms with Gasteiger partial charge in [0.25, 0.3) is 5.22 Å². The van der Waals surface area contributed by atoms with E-state index in [1.165, 1.54) is 18.2 Å². The molecule has 0 unspecified atom stereocenters. The van der Waals surface area contributed by atoms with E-state index < -0.39 is 11.9 Å². The summed E-state index contributed by atoms with van der Waals surface area (Å²) >= 11 is 0.817. The van der Waals surface area contributed by atoms with Crippen molar-refractivity contribution in [2.45, 2.75) is 5.22 Å². The summed E-state index contributed by atoms with van der Waals surface area (Å²) < 4.78 is 11.2. The average Bonchev–Trinajstić information content (AvgIpc) is 3.34. The Labute approximate surface area is 168 Å². The van der Waals surface area contributed by atoms with Gasteiger partial charge in [0.05, 0.1) is 11.9 Å². The van der Waals surface area contributed by atoms with Crippen LogP contribution in [0.2, 0.25) is 0 Å². The molecule has 2 aromatic carbocycles. The van der Waals surface area contributed by atoms with Gasteiger partial charge in [-0.15, -0.1) is 0 Å². The van der Waals surface area contributed by atoms with Crippen LogP contribution in [0.5, 0.6) is 0 Å². The van der Waals surface area contributed by atoms with Crippen molar-refractivity contribution in [3.8, 4) is 11.3 Å². The van der Waals surface area contributed by atoms with Crippen LogP contribution in [-0.2, 0) is 4.79 Å². The van der Waals surface area contributed by atoms with Crippen LogP contribution in [0.3, 0.4) is 0 Å². The number of oxazole rings is 1. The smallest absolute Gasteiger partial charge is 0.261 e. The predicted molar refractivity (Wildman–Crippen MR) is 101 cm³/mol. The second kappa shape index (κ2) is 7.69. The fraction of sp³-hybridized carbons (Fsp3) is 0. The van der Waals surface area contributed by atoms with E-state index in [9.17, 15) is 19.8 Å². The van der Waals surface area contributed by atoms with Crippen molar-refractivity contribution in [1.82, 2.24) is 4.98 Å². The number of carboxylic acids is 2. The maximum atomic E-state index is 11.5. The number of aromatic carboxylic acids is 1. The first-order chi connectivity index (χ1) is 14.0. The zero-order chi connectivity index (χ0) is 20.4. The third-order valence-electron chi connectivity index (χ3n) is 3.98. The number of fused-ring (bicyclic) bond motifs is 1. The van der Waals surface area contributed by atoms with Crippen LogP contribution in [0.15, 0.2) is 79.6 Å². The molecule has 0 atom stereocenters. The van der Waals surface area contributed by atoms with E-state index in [0.29, 0.717) is 22.4 Å². The molecule has 0 saturated heterocycles. The molecule has 0 N–H and O–H groups in total. The molecule has 0 spiro atoms. The Bertz CT molecular complexity index is 1200. The molecule has 0 radical (unpaired) electrons. The van der Waals surface area contributed by atoms with Gasteiger partial charge >= 0.3 is 0 Å². The molecule has 4 aromatic rings. The standard InChI is InChI=1S/C21H13NO6S/c23-19(24)13-7-5-12(6-8-13)16-10-9-14(27-16)11-18(20(25)26)29-21-22-15-3-1-2-4-17(15)28-21/h1-11H,(H,23,24)(H,25,26)/p-2/b18-11+. The fourth-order valence-electron chi connectivity index (χ4n) is 2.60. The Balaban J connectivity index is 1.59. The molecule has 2 aromatic heterocycles. The molecule has 0 amide bonds. The van der Waals surface area contributed by atoms with Gasteiger partial charge in [-0.3, -0.25) is 0 Å². The van der Waals surface area contributed by atoms with E-state index in [4.69, 9.17) is 8.83 Å². The number of furan rings is 1. The van der Waals surface area contributed by atoms with Gasteiger partial charge < -0.3 is 28.6 Å². The molecular weight excluding hydrogens is 394 g/mol. The topological polar surface area (TPSA) is 119 Å². The first-order valence-electron chi connectivity index (χ1n) is 8.38. The van der Waals surface area contributed by atoms with Crippen LogP contribution in [0.1, 0.15) is 16.1 Å². The largest absolute Gasteiger partial charge is 0.545 e. The van der Waals surface area contributed by atoms with Crippen molar-refractivity contribution in [2.24, 2.45) is 0 Å². The number of hydrogen-bond acceptors (Lipinski definition) is 8. The molecular formula is C21H11NO6S-2.